The summed E-state index contributed by atoms with van der Waals surface area (Å²) in [5.74, 6) is 0.153. The fourth-order valence-electron chi connectivity index (χ4n) is 2.85. The van der Waals surface area contributed by atoms with Gasteiger partial charge in [0.25, 0.3) is 0 Å². The first-order chi connectivity index (χ1) is 12.1. The third-order valence-corrected chi connectivity index (χ3v) is 9.99. The Morgan fingerprint density at radius 2 is 1.77 bits per heavy atom. The zero-order chi connectivity index (χ0) is 19.4. The smallest absolute Gasteiger partial charge is 0.191 e. The maximum absolute atomic E-state index is 11.6. The van der Waals surface area contributed by atoms with Crippen LogP contribution in [-0.4, -0.2) is 32.9 Å². The first-order valence-corrected chi connectivity index (χ1v) is 12.5. The van der Waals surface area contributed by atoms with Gasteiger partial charge in [-0.3, -0.25) is 4.79 Å². The highest BCUT2D eigenvalue weighted by atomic mass is 28.4. The normalized spacial score (nSPS) is 24.5. The summed E-state index contributed by atoms with van der Waals surface area (Å²) in [7, 11) is -1.75. The molecule has 0 radical (unpaired) electrons. The van der Waals surface area contributed by atoms with Gasteiger partial charge < -0.3 is 13.9 Å². The predicted octanol–water partition coefficient (Wildman–Crippen LogP) is 5.25. The van der Waals surface area contributed by atoms with E-state index in [0.717, 1.165) is 18.4 Å². The van der Waals surface area contributed by atoms with E-state index in [1.165, 1.54) is 0 Å². The minimum Gasteiger partial charge on any atom is -0.417 e. The second-order valence-corrected chi connectivity index (χ2v) is 13.6. The molecule has 0 bridgehead atoms. The van der Waals surface area contributed by atoms with Crippen LogP contribution in [0.4, 0.5) is 0 Å². The lowest BCUT2D eigenvalue weighted by molar-refractivity contribution is -0.249. The summed E-state index contributed by atoms with van der Waals surface area (Å²) >= 11 is 0. The van der Waals surface area contributed by atoms with Crippen LogP contribution in [0.3, 0.4) is 0 Å². The van der Waals surface area contributed by atoms with Crippen molar-refractivity contribution in [1.82, 2.24) is 0 Å². The highest BCUT2D eigenvalue weighted by molar-refractivity contribution is 6.74. The molecule has 0 amide bonds. The lowest BCUT2D eigenvalue weighted by Crippen LogP contribution is -2.42. The largest absolute Gasteiger partial charge is 0.417 e. The van der Waals surface area contributed by atoms with E-state index in [4.69, 9.17) is 13.9 Å². The Morgan fingerprint density at radius 1 is 1.15 bits per heavy atom. The van der Waals surface area contributed by atoms with E-state index in [9.17, 15) is 4.79 Å². The van der Waals surface area contributed by atoms with Gasteiger partial charge >= 0.3 is 0 Å². The molecule has 0 N–H and O–H groups in total. The third kappa shape index (κ3) is 6.01. The van der Waals surface area contributed by atoms with Crippen LogP contribution in [0.5, 0.6) is 0 Å². The summed E-state index contributed by atoms with van der Waals surface area (Å²) in [6.07, 6.45) is 1.54. The van der Waals surface area contributed by atoms with Crippen molar-refractivity contribution in [2.75, 3.05) is 6.61 Å². The Balaban J connectivity index is 1.99. The number of carbonyl (C=O) groups excluding carboxylic acids is 1. The molecule has 0 saturated carbocycles. The van der Waals surface area contributed by atoms with E-state index in [1.54, 1.807) is 6.92 Å². The van der Waals surface area contributed by atoms with Crippen LogP contribution in [0.15, 0.2) is 30.3 Å². The van der Waals surface area contributed by atoms with E-state index in [1.807, 2.05) is 30.3 Å². The van der Waals surface area contributed by atoms with E-state index in [2.05, 4.69) is 33.9 Å². The Morgan fingerprint density at radius 3 is 2.35 bits per heavy atom. The fraction of sp³-hybridized carbons (Fsp3) is 0.667. The van der Waals surface area contributed by atoms with Crippen LogP contribution >= 0.6 is 0 Å². The SMILES string of the molecule is CC(=O)C[C@@H]1C[C@H](CCO[Si](C)(C)C(C)(C)C)O[C@H](c2ccccc2)O1. The molecule has 0 spiro atoms. The summed E-state index contributed by atoms with van der Waals surface area (Å²) in [5.41, 5.74) is 0.996. The van der Waals surface area contributed by atoms with Gasteiger partial charge in [-0.25, -0.2) is 0 Å². The molecule has 146 valence electrons. The Hall–Kier alpha value is -1.01. The lowest BCUT2D eigenvalue weighted by Gasteiger charge is -2.38. The summed E-state index contributed by atoms with van der Waals surface area (Å²) in [4.78, 5) is 11.6. The summed E-state index contributed by atoms with van der Waals surface area (Å²) < 4.78 is 18.5. The molecule has 0 aliphatic carbocycles. The standard InChI is InChI=1S/C21H34O4Si/c1-16(22)14-19-15-18(12-13-23-26(5,6)21(2,3)4)24-20(25-19)17-10-8-7-9-11-17/h7-11,18-20H,12-15H2,1-6H3/t18-,19+,20-/m0/s1. The van der Waals surface area contributed by atoms with E-state index in [-0.39, 0.29) is 23.0 Å². The first-order valence-electron chi connectivity index (χ1n) is 9.58. The maximum atomic E-state index is 11.6. The molecular formula is C21H34O4Si. The molecule has 1 aliphatic heterocycles. The average molecular weight is 379 g/mol. The van der Waals surface area contributed by atoms with Crippen molar-refractivity contribution in [1.29, 1.82) is 0 Å². The van der Waals surface area contributed by atoms with Crippen molar-refractivity contribution in [3.8, 4) is 0 Å². The minimum atomic E-state index is -1.75. The van der Waals surface area contributed by atoms with Gasteiger partial charge in [-0.1, -0.05) is 51.1 Å². The van der Waals surface area contributed by atoms with Crippen molar-refractivity contribution in [3.63, 3.8) is 0 Å². The highest BCUT2D eigenvalue weighted by Gasteiger charge is 2.38. The topological polar surface area (TPSA) is 44.8 Å². The molecule has 2 rings (SSSR count). The first kappa shape index (κ1) is 21.3. The molecule has 3 atom stereocenters. The molecule has 1 fully saturated rings. The van der Waals surface area contributed by atoms with Crippen molar-refractivity contribution in [2.45, 2.75) is 83.6 Å². The van der Waals surface area contributed by atoms with Gasteiger partial charge in [0, 0.05) is 25.0 Å². The number of carbonyl (C=O) groups is 1. The van der Waals surface area contributed by atoms with Crippen LogP contribution in [-0.2, 0) is 18.7 Å². The number of rotatable bonds is 7. The average Bonchev–Trinajstić information content (AvgIpc) is 2.53. The monoisotopic (exact) mass is 378 g/mol. The van der Waals surface area contributed by atoms with Crippen LogP contribution in [0.1, 0.15) is 58.8 Å². The molecular weight excluding hydrogens is 344 g/mol. The number of ketones is 1. The zero-order valence-corrected chi connectivity index (χ0v) is 18.1. The summed E-state index contributed by atoms with van der Waals surface area (Å²) in [6, 6.07) is 9.94. The Kier molecular flexibility index (Phi) is 7.19. The minimum absolute atomic E-state index is 0.0445. The molecule has 5 heteroatoms. The molecule has 1 aromatic carbocycles. The van der Waals surface area contributed by atoms with Crippen molar-refractivity contribution >= 4 is 14.1 Å². The van der Waals surface area contributed by atoms with Gasteiger partial charge in [-0.05, 0) is 31.5 Å². The van der Waals surface area contributed by atoms with Crippen LogP contribution in [0.25, 0.3) is 0 Å². The van der Waals surface area contributed by atoms with Crippen molar-refractivity contribution in [2.24, 2.45) is 0 Å². The molecule has 1 heterocycles. The molecule has 26 heavy (non-hydrogen) atoms. The number of ether oxygens (including phenoxy) is 2. The van der Waals surface area contributed by atoms with Gasteiger partial charge in [0.1, 0.15) is 5.78 Å². The number of hydrogen-bond acceptors (Lipinski definition) is 4. The summed E-state index contributed by atoms with van der Waals surface area (Å²) in [6.45, 7) is 13.6. The van der Waals surface area contributed by atoms with Crippen LogP contribution < -0.4 is 0 Å². The molecule has 1 saturated heterocycles. The molecule has 0 aromatic heterocycles. The van der Waals surface area contributed by atoms with Crippen molar-refractivity contribution in [3.05, 3.63) is 35.9 Å². The fourth-order valence-corrected chi connectivity index (χ4v) is 3.91. The van der Waals surface area contributed by atoms with Gasteiger partial charge in [-0.15, -0.1) is 0 Å². The quantitative estimate of drug-likeness (QED) is 0.608. The van der Waals surface area contributed by atoms with E-state index < -0.39 is 14.6 Å². The van der Waals surface area contributed by atoms with Crippen LogP contribution in [0, 0.1) is 0 Å². The van der Waals surface area contributed by atoms with E-state index >= 15 is 0 Å². The molecule has 0 unspecified atom stereocenters. The van der Waals surface area contributed by atoms with Gasteiger partial charge in [-0.2, -0.15) is 0 Å². The zero-order valence-electron chi connectivity index (χ0n) is 17.1. The lowest BCUT2D eigenvalue weighted by atomic mass is 10.0. The molecule has 1 aliphatic rings. The van der Waals surface area contributed by atoms with Gasteiger partial charge in [0.2, 0.25) is 0 Å². The van der Waals surface area contributed by atoms with Crippen molar-refractivity contribution < 1.29 is 18.7 Å². The number of benzene rings is 1. The van der Waals surface area contributed by atoms with Gasteiger partial charge in [0.15, 0.2) is 14.6 Å². The number of hydrogen-bond donors (Lipinski definition) is 0. The predicted molar refractivity (Wildman–Crippen MR) is 107 cm³/mol. The number of Topliss-reactive ketones (excluding diaryl/α,β-unsaturated/α-hetero) is 1. The molecule has 4 nitrogen and oxygen atoms in total. The second-order valence-electron chi connectivity index (χ2n) is 8.80. The van der Waals surface area contributed by atoms with E-state index in [0.29, 0.717) is 13.0 Å². The van der Waals surface area contributed by atoms with Crippen LogP contribution in [0.2, 0.25) is 18.1 Å². The Labute approximate surface area is 159 Å². The summed E-state index contributed by atoms with van der Waals surface area (Å²) in [5, 5.41) is 0.202. The third-order valence-electron chi connectivity index (χ3n) is 5.45. The van der Waals surface area contributed by atoms with Gasteiger partial charge in [0.05, 0.1) is 12.2 Å². The second kappa shape index (κ2) is 8.78. The molecule has 1 aromatic rings. The maximum Gasteiger partial charge on any atom is 0.191 e. The highest BCUT2D eigenvalue weighted by Crippen LogP contribution is 2.37. The Bertz CT molecular complexity index is 579.